The number of aryl methyl sites for hydroxylation is 1. The molecule has 2 aliphatic heterocycles. The predicted molar refractivity (Wildman–Crippen MR) is 127 cm³/mol. The first kappa shape index (κ1) is 22.5. The average molecular weight is 435 g/mol. The molecule has 0 spiro atoms. The lowest BCUT2D eigenvalue weighted by Gasteiger charge is -2.21. The van der Waals surface area contributed by atoms with Gasteiger partial charge in [0, 0.05) is 25.6 Å². The summed E-state index contributed by atoms with van der Waals surface area (Å²) < 4.78 is 0. The second-order valence-corrected chi connectivity index (χ2v) is 9.25. The van der Waals surface area contributed by atoms with E-state index in [1.165, 1.54) is 41.0 Å². The van der Waals surface area contributed by atoms with Gasteiger partial charge in [-0.2, -0.15) is 0 Å². The predicted octanol–water partition coefficient (Wildman–Crippen LogP) is 4.39. The van der Waals surface area contributed by atoms with E-state index in [4.69, 9.17) is 0 Å². The van der Waals surface area contributed by atoms with Gasteiger partial charge in [0.25, 0.3) is 0 Å². The van der Waals surface area contributed by atoms with Gasteiger partial charge in [0.2, 0.25) is 5.91 Å². The first-order valence-corrected chi connectivity index (χ1v) is 12.0. The molecule has 2 atom stereocenters. The number of carbonyl (C=O) groups excluding carboxylic acids is 1. The Morgan fingerprint density at radius 2 is 1.47 bits per heavy atom. The molecule has 5 nitrogen and oxygen atoms in total. The molecule has 1 unspecified atom stereocenters. The van der Waals surface area contributed by atoms with Crippen molar-refractivity contribution in [3.63, 3.8) is 0 Å². The Balaban J connectivity index is 1.28. The third-order valence-electron chi connectivity index (χ3n) is 7.11. The summed E-state index contributed by atoms with van der Waals surface area (Å²) in [7, 11) is 0. The van der Waals surface area contributed by atoms with Gasteiger partial charge >= 0.3 is 5.97 Å². The van der Waals surface area contributed by atoms with Gasteiger partial charge in [0.05, 0.1) is 0 Å². The lowest BCUT2D eigenvalue weighted by molar-refractivity contribution is -0.148. The zero-order valence-corrected chi connectivity index (χ0v) is 19.0. The maximum atomic E-state index is 12.5. The number of benzene rings is 2. The van der Waals surface area contributed by atoms with Crippen LogP contribution in [-0.2, 0) is 22.4 Å². The number of carbonyl (C=O) groups is 2. The minimum absolute atomic E-state index is 0.0575. The molecule has 0 saturated carbocycles. The molecule has 2 aromatic rings. The van der Waals surface area contributed by atoms with Crippen LogP contribution >= 0.6 is 0 Å². The number of aliphatic carboxylic acids is 1. The van der Waals surface area contributed by atoms with Crippen LogP contribution in [0.1, 0.15) is 50.2 Å². The van der Waals surface area contributed by atoms with Gasteiger partial charge in [0.15, 0.2) is 0 Å². The van der Waals surface area contributed by atoms with Crippen molar-refractivity contribution in [1.82, 2.24) is 9.80 Å². The fourth-order valence-corrected chi connectivity index (χ4v) is 5.04. The van der Waals surface area contributed by atoms with Crippen LogP contribution in [0, 0.1) is 0 Å². The minimum atomic E-state index is -0.892. The Morgan fingerprint density at radius 1 is 0.875 bits per heavy atom. The van der Waals surface area contributed by atoms with E-state index in [-0.39, 0.29) is 5.91 Å². The highest BCUT2D eigenvalue weighted by Crippen LogP contribution is 2.23. The Kier molecular flexibility index (Phi) is 7.26. The zero-order valence-electron chi connectivity index (χ0n) is 19.0. The van der Waals surface area contributed by atoms with Gasteiger partial charge in [-0.3, -0.25) is 4.79 Å². The average Bonchev–Trinajstić information content (AvgIpc) is 3.46. The molecule has 2 fully saturated rings. The van der Waals surface area contributed by atoms with Gasteiger partial charge in [-0.05, 0) is 74.2 Å². The molecule has 0 radical (unpaired) electrons. The third-order valence-corrected chi connectivity index (χ3v) is 7.11. The number of carboxylic acid groups (broad SMARTS) is 1. The van der Waals surface area contributed by atoms with Gasteiger partial charge in [-0.15, -0.1) is 0 Å². The molecule has 2 heterocycles. The number of likely N-dealkylation sites (tertiary alicyclic amines) is 2. The fraction of sp³-hybridized carbons (Fsp3) is 0.481. The van der Waals surface area contributed by atoms with E-state index in [0.29, 0.717) is 25.8 Å². The number of carboxylic acids is 1. The van der Waals surface area contributed by atoms with Crippen molar-refractivity contribution >= 4 is 11.9 Å². The molecule has 1 amide bonds. The molecule has 0 bridgehead atoms. The Hall–Kier alpha value is -2.66. The molecule has 5 heteroatoms. The molecule has 1 N–H and O–H groups in total. The number of amides is 1. The van der Waals surface area contributed by atoms with Crippen molar-refractivity contribution in [2.45, 2.75) is 64.0 Å². The van der Waals surface area contributed by atoms with Crippen molar-refractivity contribution in [2.75, 3.05) is 19.6 Å². The van der Waals surface area contributed by atoms with E-state index in [9.17, 15) is 14.7 Å². The van der Waals surface area contributed by atoms with E-state index in [2.05, 4.69) is 60.4 Å². The second-order valence-electron chi connectivity index (χ2n) is 9.25. The summed E-state index contributed by atoms with van der Waals surface area (Å²) in [4.78, 5) is 27.9. The van der Waals surface area contributed by atoms with Crippen LogP contribution in [0.15, 0.2) is 48.5 Å². The van der Waals surface area contributed by atoms with E-state index in [1.807, 2.05) is 0 Å². The van der Waals surface area contributed by atoms with Crippen LogP contribution < -0.4 is 0 Å². The first-order chi connectivity index (χ1) is 15.5. The van der Waals surface area contributed by atoms with Gasteiger partial charge in [-0.25, -0.2) is 4.79 Å². The Labute approximate surface area is 191 Å². The topological polar surface area (TPSA) is 60.9 Å². The SMILES string of the molecule is C[C@@H]1CCCN1CCc1ccc(-c2ccc(CCC(=O)N3CCCC3C(=O)O)cc2)cc1. The van der Waals surface area contributed by atoms with Gasteiger partial charge < -0.3 is 14.9 Å². The van der Waals surface area contributed by atoms with Gasteiger partial charge in [-0.1, -0.05) is 48.5 Å². The van der Waals surface area contributed by atoms with Crippen molar-refractivity contribution in [3.8, 4) is 11.1 Å². The summed E-state index contributed by atoms with van der Waals surface area (Å²) >= 11 is 0. The van der Waals surface area contributed by atoms with Gasteiger partial charge in [0.1, 0.15) is 6.04 Å². The highest BCUT2D eigenvalue weighted by molar-refractivity contribution is 5.84. The van der Waals surface area contributed by atoms with Crippen LogP contribution in [0.3, 0.4) is 0 Å². The normalized spacial score (nSPS) is 21.2. The molecule has 32 heavy (non-hydrogen) atoms. The molecule has 2 saturated heterocycles. The second kappa shape index (κ2) is 10.3. The standard InChI is InChI=1S/C27H34N2O3/c1-20-4-2-17-28(20)19-16-22-8-13-24(14-9-22)23-11-6-21(7-12-23)10-15-26(30)29-18-3-5-25(29)27(31)32/h6-9,11-14,20,25H,2-5,10,15-19H2,1H3,(H,31,32)/t20-,25?/m1/s1. The summed E-state index contributed by atoms with van der Waals surface area (Å²) in [6.45, 7) is 5.25. The van der Waals surface area contributed by atoms with Crippen molar-refractivity contribution in [1.29, 1.82) is 0 Å². The minimum Gasteiger partial charge on any atom is -0.480 e. The maximum absolute atomic E-state index is 12.5. The van der Waals surface area contributed by atoms with Crippen LogP contribution in [-0.4, -0.2) is 58.5 Å². The fourth-order valence-electron chi connectivity index (χ4n) is 5.04. The molecule has 4 rings (SSSR count). The molecule has 170 valence electrons. The van der Waals surface area contributed by atoms with Crippen molar-refractivity contribution < 1.29 is 14.7 Å². The molecular weight excluding hydrogens is 400 g/mol. The highest BCUT2D eigenvalue weighted by Gasteiger charge is 2.33. The summed E-state index contributed by atoms with van der Waals surface area (Å²) in [5.41, 5.74) is 4.85. The smallest absolute Gasteiger partial charge is 0.326 e. The van der Waals surface area contributed by atoms with Crippen LogP contribution in [0.25, 0.3) is 11.1 Å². The highest BCUT2D eigenvalue weighted by atomic mass is 16.4. The number of hydrogen-bond donors (Lipinski definition) is 1. The van der Waals surface area contributed by atoms with E-state index in [1.54, 1.807) is 0 Å². The lowest BCUT2D eigenvalue weighted by atomic mass is 10.00. The summed E-state index contributed by atoms with van der Waals surface area (Å²) in [6, 6.07) is 17.3. The Bertz CT molecular complexity index is 923. The largest absolute Gasteiger partial charge is 0.480 e. The third kappa shape index (κ3) is 5.39. The van der Waals surface area contributed by atoms with E-state index >= 15 is 0 Å². The van der Waals surface area contributed by atoms with Crippen LogP contribution in [0.4, 0.5) is 0 Å². The first-order valence-electron chi connectivity index (χ1n) is 12.0. The van der Waals surface area contributed by atoms with E-state index < -0.39 is 12.0 Å². The summed E-state index contributed by atoms with van der Waals surface area (Å²) in [5, 5.41) is 9.27. The van der Waals surface area contributed by atoms with Crippen LogP contribution in [0.2, 0.25) is 0 Å². The Morgan fingerprint density at radius 3 is 2.03 bits per heavy atom. The molecule has 0 aromatic heterocycles. The van der Waals surface area contributed by atoms with Crippen molar-refractivity contribution in [2.24, 2.45) is 0 Å². The number of rotatable bonds is 8. The number of hydrogen-bond acceptors (Lipinski definition) is 3. The summed E-state index contributed by atoms with van der Waals surface area (Å²) in [6.07, 6.45) is 6.07. The van der Waals surface area contributed by atoms with Crippen LogP contribution in [0.5, 0.6) is 0 Å². The lowest BCUT2D eigenvalue weighted by Crippen LogP contribution is -2.40. The zero-order chi connectivity index (χ0) is 22.5. The molecule has 0 aliphatic carbocycles. The summed E-state index contributed by atoms with van der Waals surface area (Å²) in [5.74, 6) is -0.949. The maximum Gasteiger partial charge on any atom is 0.326 e. The van der Waals surface area contributed by atoms with E-state index in [0.717, 1.165) is 31.0 Å². The monoisotopic (exact) mass is 434 g/mol. The quantitative estimate of drug-likeness (QED) is 0.669. The number of nitrogens with zero attached hydrogens (tertiary/aromatic N) is 2. The molecule has 2 aromatic carbocycles. The molecular formula is C27H34N2O3. The molecule has 2 aliphatic rings. The van der Waals surface area contributed by atoms with Crippen molar-refractivity contribution in [3.05, 3.63) is 59.7 Å².